The average molecular weight is 339 g/mol. The van der Waals surface area contributed by atoms with Crippen LogP contribution in [0.15, 0.2) is 47.3 Å². The Morgan fingerprint density at radius 3 is 2.56 bits per heavy atom. The Morgan fingerprint density at radius 2 is 1.84 bits per heavy atom. The van der Waals surface area contributed by atoms with E-state index in [1.54, 1.807) is 25.3 Å². The van der Waals surface area contributed by atoms with Gasteiger partial charge in [-0.15, -0.1) is 0 Å². The van der Waals surface area contributed by atoms with Crippen LogP contribution in [-0.4, -0.2) is 29.0 Å². The molecule has 3 aromatic rings. The topological polar surface area (TPSA) is 87.0 Å². The van der Waals surface area contributed by atoms with Gasteiger partial charge in [-0.25, -0.2) is 4.79 Å². The summed E-state index contributed by atoms with van der Waals surface area (Å²) in [6, 6.07) is 13.1. The second kappa shape index (κ2) is 7.25. The Bertz CT molecular complexity index is 925. The normalized spacial score (nSPS) is 12.1. The number of benzene rings is 2. The zero-order valence-electron chi connectivity index (χ0n) is 14.3. The summed E-state index contributed by atoms with van der Waals surface area (Å²) in [7, 11) is 1.65. The zero-order valence-corrected chi connectivity index (χ0v) is 14.3. The summed E-state index contributed by atoms with van der Waals surface area (Å²) in [6.45, 7) is 1.98. The van der Waals surface area contributed by atoms with Crippen molar-refractivity contribution in [1.82, 2.24) is 15.3 Å². The number of fused-ring (bicyclic) bond motifs is 1. The summed E-state index contributed by atoms with van der Waals surface area (Å²) in [6.07, 6.45) is 1.71. The van der Waals surface area contributed by atoms with Crippen LogP contribution >= 0.6 is 0 Å². The van der Waals surface area contributed by atoms with Gasteiger partial charge < -0.3 is 20.0 Å². The van der Waals surface area contributed by atoms with E-state index in [0.717, 1.165) is 18.6 Å². The van der Waals surface area contributed by atoms with Crippen LogP contribution in [0.4, 0.5) is 0 Å². The second-order valence-electron chi connectivity index (χ2n) is 6.10. The smallest absolute Gasteiger partial charge is 0.323 e. The number of hydrogen-bond acceptors (Lipinski definition) is 3. The number of H-pyrrole nitrogens is 2. The van der Waals surface area contributed by atoms with E-state index in [9.17, 15) is 9.59 Å². The molecular formula is C19H21N3O3. The molecule has 1 heterocycles. The molecule has 3 N–H and O–H groups in total. The summed E-state index contributed by atoms with van der Waals surface area (Å²) in [5, 5.41) is 2.99. The lowest BCUT2D eigenvalue weighted by Gasteiger charge is -2.14. The van der Waals surface area contributed by atoms with E-state index in [1.807, 2.05) is 31.2 Å². The number of aryl methyl sites for hydroxylation is 1. The van der Waals surface area contributed by atoms with E-state index in [1.165, 1.54) is 5.56 Å². The number of aromatic amines is 2. The number of carbonyl (C=O) groups excluding carboxylic acids is 1. The molecule has 3 rings (SSSR count). The maximum atomic E-state index is 12.4. The van der Waals surface area contributed by atoms with Crippen molar-refractivity contribution in [3.8, 4) is 5.75 Å². The molecule has 6 heteroatoms. The average Bonchev–Trinajstić information content (AvgIpc) is 2.99. The van der Waals surface area contributed by atoms with Crippen LogP contribution in [0.25, 0.3) is 11.0 Å². The highest BCUT2D eigenvalue weighted by Gasteiger charge is 2.11. The monoisotopic (exact) mass is 339 g/mol. The van der Waals surface area contributed by atoms with Crippen LogP contribution in [0, 0.1) is 0 Å². The molecule has 2 aromatic carbocycles. The first-order chi connectivity index (χ1) is 12.0. The molecule has 0 aliphatic rings. The van der Waals surface area contributed by atoms with Gasteiger partial charge in [0.2, 0.25) is 0 Å². The number of ether oxygens (including phenoxy) is 1. The number of carbonyl (C=O) groups is 1. The largest absolute Gasteiger partial charge is 0.497 e. The molecule has 1 amide bonds. The van der Waals surface area contributed by atoms with Crippen molar-refractivity contribution in [2.75, 3.05) is 7.11 Å². The number of methoxy groups -OCH3 is 1. The molecule has 0 aliphatic carbocycles. The fourth-order valence-electron chi connectivity index (χ4n) is 2.73. The lowest BCUT2D eigenvalue weighted by atomic mass is 10.1. The van der Waals surface area contributed by atoms with E-state index >= 15 is 0 Å². The first-order valence-corrected chi connectivity index (χ1v) is 8.21. The molecule has 0 bridgehead atoms. The van der Waals surface area contributed by atoms with Crippen LogP contribution in [0.5, 0.6) is 5.75 Å². The predicted octanol–water partition coefficient (Wildman–Crippen LogP) is 2.62. The third kappa shape index (κ3) is 4.09. The molecule has 0 saturated heterocycles. The molecule has 1 unspecified atom stereocenters. The summed E-state index contributed by atoms with van der Waals surface area (Å²) in [5.74, 6) is 0.689. The Labute approximate surface area is 145 Å². The zero-order chi connectivity index (χ0) is 17.8. The maximum absolute atomic E-state index is 12.4. The van der Waals surface area contributed by atoms with Crippen molar-refractivity contribution < 1.29 is 9.53 Å². The lowest BCUT2D eigenvalue weighted by Crippen LogP contribution is -2.32. The van der Waals surface area contributed by atoms with Crippen molar-refractivity contribution >= 4 is 16.9 Å². The quantitative estimate of drug-likeness (QED) is 0.645. The van der Waals surface area contributed by atoms with Gasteiger partial charge in [0, 0.05) is 11.6 Å². The summed E-state index contributed by atoms with van der Waals surface area (Å²) in [5.41, 5.74) is 2.77. The van der Waals surface area contributed by atoms with Gasteiger partial charge >= 0.3 is 5.69 Å². The van der Waals surface area contributed by atoms with Gasteiger partial charge in [-0.3, -0.25) is 4.79 Å². The predicted molar refractivity (Wildman–Crippen MR) is 97.2 cm³/mol. The third-order valence-corrected chi connectivity index (χ3v) is 4.18. The lowest BCUT2D eigenvalue weighted by molar-refractivity contribution is 0.0938. The molecular weight excluding hydrogens is 318 g/mol. The molecule has 130 valence electrons. The van der Waals surface area contributed by atoms with Crippen LogP contribution in [0.3, 0.4) is 0 Å². The number of imidazole rings is 1. The number of aromatic nitrogens is 2. The second-order valence-corrected chi connectivity index (χ2v) is 6.10. The van der Waals surface area contributed by atoms with Gasteiger partial charge in [0.1, 0.15) is 5.75 Å². The van der Waals surface area contributed by atoms with Crippen LogP contribution in [-0.2, 0) is 6.42 Å². The molecule has 0 aliphatic heterocycles. The minimum Gasteiger partial charge on any atom is -0.497 e. The molecule has 6 nitrogen and oxygen atoms in total. The van der Waals surface area contributed by atoms with Crippen molar-refractivity contribution in [3.63, 3.8) is 0 Å². The molecule has 0 saturated carbocycles. The first kappa shape index (κ1) is 16.8. The van der Waals surface area contributed by atoms with E-state index in [4.69, 9.17) is 4.74 Å². The number of amides is 1. The fourth-order valence-corrected chi connectivity index (χ4v) is 2.73. The molecule has 0 radical (unpaired) electrons. The number of nitrogens with one attached hydrogen (secondary N) is 3. The molecule has 25 heavy (non-hydrogen) atoms. The van der Waals surface area contributed by atoms with Crippen LogP contribution in [0.2, 0.25) is 0 Å². The van der Waals surface area contributed by atoms with Crippen LogP contribution in [0.1, 0.15) is 29.3 Å². The maximum Gasteiger partial charge on any atom is 0.323 e. The van der Waals surface area contributed by atoms with E-state index in [0.29, 0.717) is 16.6 Å². The Morgan fingerprint density at radius 1 is 1.12 bits per heavy atom. The van der Waals surface area contributed by atoms with Crippen molar-refractivity contribution in [2.45, 2.75) is 25.8 Å². The van der Waals surface area contributed by atoms with E-state index < -0.39 is 0 Å². The highest BCUT2D eigenvalue weighted by atomic mass is 16.5. The SMILES string of the molecule is COc1ccc(CCC(C)NC(=O)c2ccc3[nH]c(=O)[nH]c3c2)cc1. The number of rotatable bonds is 6. The molecule has 1 aromatic heterocycles. The molecule has 0 fully saturated rings. The first-order valence-electron chi connectivity index (χ1n) is 8.21. The summed E-state index contributed by atoms with van der Waals surface area (Å²) < 4.78 is 5.15. The third-order valence-electron chi connectivity index (χ3n) is 4.18. The van der Waals surface area contributed by atoms with Crippen molar-refractivity contribution in [3.05, 3.63) is 64.1 Å². The minimum absolute atomic E-state index is 0.0376. The fraction of sp³-hybridized carbons (Fsp3) is 0.263. The highest BCUT2D eigenvalue weighted by molar-refractivity contribution is 5.97. The van der Waals surface area contributed by atoms with Gasteiger partial charge in [-0.05, 0) is 55.7 Å². The standard InChI is InChI=1S/C19H21N3O3/c1-12(3-4-13-5-8-15(25-2)9-6-13)20-18(23)14-7-10-16-17(11-14)22-19(24)21-16/h5-12H,3-4H2,1-2H3,(H,20,23)(H2,21,22,24). The molecule has 1 atom stereocenters. The van der Waals surface area contributed by atoms with Gasteiger partial charge in [-0.2, -0.15) is 0 Å². The minimum atomic E-state index is -0.277. The number of hydrogen-bond donors (Lipinski definition) is 3. The van der Waals surface area contributed by atoms with Crippen molar-refractivity contribution in [1.29, 1.82) is 0 Å². The van der Waals surface area contributed by atoms with Crippen molar-refractivity contribution in [2.24, 2.45) is 0 Å². The summed E-state index contributed by atoms with van der Waals surface area (Å²) in [4.78, 5) is 29.0. The van der Waals surface area contributed by atoms with E-state index in [-0.39, 0.29) is 17.6 Å². The Balaban J connectivity index is 1.57. The molecule has 0 spiro atoms. The van der Waals surface area contributed by atoms with Gasteiger partial charge in [0.15, 0.2) is 0 Å². The van der Waals surface area contributed by atoms with Gasteiger partial charge in [0.05, 0.1) is 18.1 Å². The Kier molecular flexibility index (Phi) is 4.88. The highest BCUT2D eigenvalue weighted by Crippen LogP contribution is 2.14. The van der Waals surface area contributed by atoms with Crippen LogP contribution < -0.4 is 15.7 Å². The van der Waals surface area contributed by atoms with Gasteiger partial charge in [0.25, 0.3) is 5.91 Å². The van der Waals surface area contributed by atoms with E-state index in [2.05, 4.69) is 15.3 Å². The Hall–Kier alpha value is -3.02. The van der Waals surface area contributed by atoms with Gasteiger partial charge in [-0.1, -0.05) is 12.1 Å². The summed E-state index contributed by atoms with van der Waals surface area (Å²) >= 11 is 0.